The van der Waals surface area contributed by atoms with Gasteiger partial charge in [0.05, 0.1) is 18.6 Å². The number of ether oxygens (including phenoxy) is 1. The first-order valence-electron chi connectivity index (χ1n) is 9.11. The van der Waals surface area contributed by atoms with Gasteiger partial charge in [-0.05, 0) is 24.3 Å². The second-order valence-corrected chi connectivity index (χ2v) is 8.14. The number of anilines is 1. The number of thioether (sulfide) groups is 1. The van der Waals surface area contributed by atoms with E-state index in [0.717, 1.165) is 28.4 Å². The maximum atomic E-state index is 12.4. The number of thiazole rings is 1. The Morgan fingerprint density at radius 2 is 1.87 bits per heavy atom. The number of aromatic nitrogens is 4. The molecule has 2 heterocycles. The van der Waals surface area contributed by atoms with Crippen molar-refractivity contribution in [2.24, 2.45) is 7.05 Å². The lowest BCUT2D eigenvalue weighted by molar-refractivity contribution is -0.113. The van der Waals surface area contributed by atoms with Crippen molar-refractivity contribution < 1.29 is 9.53 Å². The van der Waals surface area contributed by atoms with Crippen molar-refractivity contribution in [2.45, 2.75) is 5.16 Å². The normalized spacial score (nSPS) is 10.7. The van der Waals surface area contributed by atoms with Gasteiger partial charge in [-0.25, -0.2) is 4.98 Å². The van der Waals surface area contributed by atoms with Crippen LogP contribution in [-0.2, 0) is 11.8 Å². The Balaban J connectivity index is 1.36. The van der Waals surface area contributed by atoms with E-state index in [-0.39, 0.29) is 11.7 Å². The van der Waals surface area contributed by atoms with Crippen molar-refractivity contribution in [1.82, 2.24) is 19.7 Å². The van der Waals surface area contributed by atoms with Crippen LogP contribution >= 0.6 is 23.1 Å². The number of methoxy groups -OCH3 is 1. The standard InChI is InChI=1S/C21H19N5O2S2/c1-26-19(15-8-10-16(28-2)11-9-15)24-25-21(26)30-13-18(27)23-20-22-17(12-29-20)14-6-4-3-5-7-14/h3-12H,13H2,1-2H3,(H,22,23,27). The van der Waals surface area contributed by atoms with Crippen LogP contribution in [0, 0.1) is 0 Å². The lowest BCUT2D eigenvalue weighted by Gasteiger charge is -2.05. The summed E-state index contributed by atoms with van der Waals surface area (Å²) in [6.45, 7) is 0. The topological polar surface area (TPSA) is 81.9 Å². The predicted octanol–water partition coefficient (Wildman–Crippen LogP) is 4.35. The summed E-state index contributed by atoms with van der Waals surface area (Å²) in [5.41, 5.74) is 2.80. The summed E-state index contributed by atoms with van der Waals surface area (Å²) in [6, 6.07) is 17.5. The molecule has 0 fully saturated rings. The van der Waals surface area contributed by atoms with E-state index in [0.29, 0.717) is 10.3 Å². The molecule has 0 unspecified atom stereocenters. The minimum atomic E-state index is -0.136. The Morgan fingerprint density at radius 3 is 2.60 bits per heavy atom. The molecule has 0 saturated carbocycles. The molecule has 0 saturated heterocycles. The maximum absolute atomic E-state index is 12.4. The molecule has 4 aromatic rings. The van der Waals surface area contributed by atoms with Crippen LogP contribution in [0.25, 0.3) is 22.6 Å². The van der Waals surface area contributed by atoms with Crippen LogP contribution in [0.1, 0.15) is 0 Å². The van der Waals surface area contributed by atoms with Crippen LogP contribution in [0.2, 0.25) is 0 Å². The third kappa shape index (κ3) is 4.52. The van der Waals surface area contributed by atoms with E-state index in [1.54, 1.807) is 7.11 Å². The monoisotopic (exact) mass is 437 g/mol. The Morgan fingerprint density at radius 1 is 1.10 bits per heavy atom. The van der Waals surface area contributed by atoms with Gasteiger partial charge < -0.3 is 14.6 Å². The number of benzene rings is 2. The Bertz CT molecular complexity index is 1140. The van der Waals surface area contributed by atoms with Crippen molar-refractivity contribution in [3.63, 3.8) is 0 Å². The van der Waals surface area contributed by atoms with E-state index in [9.17, 15) is 4.79 Å². The van der Waals surface area contributed by atoms with Crippen molar-refractivity contribution >= 4 is 34.1 Å². The number of amides is 1. The van der Waals surface area contributed by atoms with Crippen molar-refractivity contribution in [1.29, 1.82) is 0 Å². The van der Waals surface area contributed by atoms with Crippen molar-refractivity contribution in [3.8, 4) is 28.4 Å². The first-order chi connectivity index (χ1) is 14.6. The lowest BCUT2D eigenvalue weighted by atomic mass is 10.2. The van der Waals surface area contributed by atoms with Crippen molar-refractivity contribution in [2.75, 3.05) is 18.2 Å². The number of nitrogens with zero attached hydrogens (tertiary/aromatic N) is 4. The van der Waals surface area contributed by atoms with Gasteiger partial charge in [0, 0.05) is 23.6 Å². The summed E-state index contributed by atoms with van der Waals surface area (Å²) in [6.07, 6.45) is 0. The van der Waals surface area contributed by atoms with Gasteiger partial charge in [0.1, 0.15) is 5.75 Å². The minimum absolute atomic E-state index is 0.136. The Hall–Kier alpha value is -3.17. The molecule has 0 aliphatic heterocycles. The molecule has 0 spiro atoms. The average molecular weight is 438 g/mol. The summed E-state index contributed by atoms with van der Waals surface area (Å²) in [5, 5.41) is 14.5. The van der Waals surface area contributed by atoms with E-state index < -0.39 is 0 Å². The zero-order valence-corrected chi connectivity index (χ0v) is 18.0. The van der Waals surface area contributed by atoms with Crippen LogP contribution in [0.3, 0.4) is 0 Å². The highest BCUT2D eigenvalue weighted by atomic mass is 32.2. The highest BCUT2D eigenvalue weighted by Gasteiger charge is 2.14. The van der Waals surface area contributed by atoms with Gasteiger partial charge in [-0.3, -0.25) is 4.79 Å². The molecule has 30 heavy (non-hydrogen) atoms. The number of hydrogen-bond donors (Lipinski definition) is 1. The van der Waals surface area contributed by atoms with Gasteiger partial charge in [-0.2, -0.15) is 0 Å². The molecule has 4 rings (SSSR count). The average Bonchev–Trinajstić information content (AvgIpc) is 3.39. The number of hydrogen-bond acceptors (Lipinski definition) is 7. The van der Waals surface area contributed by atoms with Gasteiger partial charge in [-0.1, -0.05) is 42.1 Å². The van der Waals surface area contributed by atoms with Crippen LogP contribution in [-0.4, -0.2) is 38.5 Å². The van der Waals surface area contributed by atoms with Gasteiger partial charge in [-0.15, -0.1) is 21.5 Å². The quantitative estimate of drug-likeness (QED) is 0.433. The molecule has 1 amide bonds. The predicted molar refractivity (Wildman–Crippen MR) is 120 cm³/mol. The molecule has 2 aromatic carbocycles. The summed E-state index contributed by atoms with van der Waals surface area (Å²) in [5.74, 6) is 1.59. The molecule has 9 heteroatoms. The smallest absolute Gasteiger partial charge is 0.236 e. The van der Waals surface area contributed by atoms with Crippen molar-refractivity contribution in [3.05, 3.63) is 60.0 Å². The molecule has 152 valence electrons. The third-order valence-corrected chi connectivity index (χ3v) is 6.11. The third-order valence-electron chi connectivity index (χ3n) is 4.34. The fourth-order valence-electron chi connectivity index (χ4n) is 2.79. The molecule has 0 bridgehead atoms. The molecular formula is C21H19N5O2S2. The Kier molecular flexibility index (Phi) is 6.10. The molecule has 0 aliphatic rings. The summed E-state index contributed by atoms with van der Waals surface area (Å²) >= 11 is 2.74. The molecule has 2 aromatic heterocycles. The number of carbonyl (C=O) groups excluding carboxylic acids is 1. The molecule has 1 N–H and O–H groups in total. The second kappa shape index (κ2) is 9.10. The maximum Gasteiger partial charge on any atom is 0.236 e. The zero-order valence-electron chi connectivity index (χ0n) is 16.4. The molecular weight excluding hydrogens is 418 g/mol. The highest BCUT2D eigenvalue weighted by molar-refractivity contribution is 7.99. The summed E-state index contributed by atoms with van der Waals surface area (Å²) < 4.78 is 7.06. The fraction of sp³-hybridized carbons (Fsp3) is 0.143. The first kappa shape index (κ1) is 20.1. The van der Waals surface area contributed by atoms with Gasteiger partial charge in [0.25, 0.3) is 0 Å². The number of nitrogens with one attached hydrogen (secondary N) is 1. The molecule has 0 atom stereocenters. The van der Waals surface area contributed by atoms with Crippen LogP contribution < -0.4 is 10.1 Å². The molecule has 0 aliphatic carbocycles. The molecule has 7 nitrogen and oxygen atoms in total. The first-order valence-corrected chi connectivity index (χ1v) is 11.0. The number of carbonyl (C=O) groups is 1. The van der Waals surface area contributed by atoms with E-state index in [1.165, 1.54) is 23.1 Å². The Labute approximate surface area is 182 Å². The van der Waals surface area contributed by atoms with E-state index in [2.05, 4.69) is 20.5 Å². The van der Waals surface area contributed by atoms with Gasteiger partial charge >= 0.3 is 0 Å². The van der Waals surface area contributed by atoms with Gasteiger partial charge in [0.15, 0.2) is 16.1 Å². The zero-order chi connectivity index (χ0) is 20.9. The second-order valence-electron chi connectivity index (χ2n) is 6.33. The van der Waals surface area contributed by atoms with E-state index in [1.807, 2.05) is 71.6 Å². The minimum Gasteiger partial charge on any atom is -0.497 e. The highest BCUT2D eigenvalue weighted by Crippen LogP contribution is 2.26. The summed E-state index contributed by atoms with van der Waals surface area (Å²) in [7, 11) is 3.51. The largest absolute Gasteiger partial charge is 0.497 e. The summed E-state index contributed by atoms with van der Waals surface area (Å²) in [4.78, 5) is 16.8. The van der Waals surface area contributed by atoms with E-state index >= 15 is 0 Å². The van der Waals surface area contributed by atoms with Gasteiger partial charge in [0.2, 0.25) is 5.91 Å². The van der Waals surface area contributed by atoms with Crippen LogP contribution in [0.5, 0.6) is 5.75 Å². The SMILES string of the molecule is COc1ccc(-c2nnc(SCC(=O)Nc3nc(-c4ccccc4)cs3)n2C)cc1. The lowest BCUT2D eigenvalue weighted by Crippen LogP contribution is -2.14. The number of rotatable bonds is 7. The van der Waals surface area contributed by atoms with Crippen LogP contribution in [0.15, 0.2) is 65.1 Å². The molecule has 0 radical (unpaired) electrons. The fourth-order valence-corrected chi connectivity index (χ4v) is 4.24. The van der Waals surface area contributed by atoms with Crippen LogP contribution in [0.4, 0.5) is 5.13 Å². The van der Waals surface area contributed by atoms with E-state index in [4.69, 9.17) is 4.74 Å².